The Kier molecular flexibility index (Phi) is 4.99. The van der Waals surface area contributed by atoms with Crippen molar-refractivity contribution in [1.29, 1.82) is 0 Å². The predicted molar refractivity (Wildman–Crippen MR) is 170 cm³/mol. The Bertz CT molecular complexity index is 2100. The molecule has 0 aliphatic rings. The van der Waals surface area contributed by atoms with E-state index in [4.69, 9.17) is 0 Å². The van der Waals surface area contributed by atoms with Gasteiger partial charge in [-0.1, -0.05) is 84.9 Å². The zero-order valence-corrected chi connectivity index (χ0v) is 22.6. The molecule has 0 aliphatic carbocycles. The summed E-state index contributed by atoms with van der Waals surface area (Å²) in [7, 11) is 0. The van der Waals surface area contributed by atoms with Crippen LogP contribution in [0.3, 0.4) is 0 Å². The summed E-state index contributed by atoms with van der Waals surface area (Å²) in [6.07, 6.45) is 0. The second-order valence-corrected chi connectivity index (χ2v) is 10.7. The lowest BCUT2D eigenvalue weighted by atomic mass is 9.94. The first-order chi connectivity index (χ1) is 19.7. The predicted octanol–water partition coefficient (Wildman–Crippen LogP) is 10.2. The molecule has 6 aromatic carbocycles. The molecule has 0 radical (unpaired) electrons. The zero-order valence-electron chi connectivity index (χ0n) is 22.6. The van der Waals surface area contributed by atoms with Gasteiger partial charge < -0.3 is 9.13 Å². The van der Waals surface area contributed by atoms with Crippen LogP contribution < -0.4 is 0 Å². The van der Waals surface area contributed by atoms with Gasteiger partial charge in [-0.2, -0.15) is 0 Å². The highest BCUT2D eigenvalue weighted by Gasteiger charge is 2.15. The molecule has 0 amide bonds. The molecule has 0 fully saturated rings. The minimum atomic E-state index is 1.18. The Hall–Kier alpha value is -5.08. The summed E-state index contributed by atoms with van der Waals surface area (Å²) in [5, 5.41) is 5.15. The Morgan fingerprint density at radius 1 is 0.375 bits per heavy atom. The molecule has 2 aromatic heterocycles. The third-order valence-corrected chi connectivity index (χ3v) is 8.35. The molecular weight excluding hydrogens is 484 g/mol. The van der Waals surface area contributed by atoms with Gasteiger partial charge in [-0.25, -0.2) is 0 Å². The summed E-state index contributed by atoms with van der Waals surface area (Å²) in [4.78, 5) is 0. The molecule has 0 saturated heterocycles. The van der Waals surface area contributed by atoms with Crippen LogP contribution in [0.15, 0.2) is 133 Å². The smallest absolute Gasteiger partial charge is 0.0541 e. The Balaban J connectivity index is 1.25. The SMILES string of the molecule is Cc1cc(-n2c3ccccc3c3ccccc32)cc(C)c1-c1ccc(-n2c3ccccc3c3ccccc32)cc1. The van der Waals surface area contributed by atoms with Gasteiger partial charge in [0.05, 0.1) is 22.1 Å². The van der Waals surface area contributed by atoms with E-state index in [0.29, 0.717) is 0 Å². The van der Waals surface area contributed by atoms with E-state index >= 15 is 0 Å². The number of benzene rings is 6. The second kappa shape index (κ2) is 8.72. The molecule has 2 nitrogen and oxygen atoms in total. The highest BCUT2D eigenvalue weighted by atomic mass is 15.0. The molecule has 8 rings (SSSR count). The summed E-state index contributed by atoms with van der Waals surface area (Å²) in [6, 6.07) is 48.5. The largest absolute Gasteiger partial charge is 0.309 e. The number of aryl methyl sites for hydroxylation is 2. The number of fused-ring (bicyclic) bond motifs is 6. The maximum Gasteiger partial charge on any atom is 0.0541 e. The van der Waals surface area contributed by atoms with Crippen molar-refractivity contribution >= 4 is 43.6 Å². The van der Waals surface area contributed by atoms with Gasteiger partial charge in [0.2, 0.25) is 0 Å². The monoisotopic (exact) mass is 512 g/mol. The van der Waals surface area contributed by atoms with Crippen LogP contribution in [-0.4, -0.2) is 9.13 Å². The van der Waals surface area contributed by atoms with Crippen molar-refractivity contribution in [3.8, 4) is 22.5 Å². The van der Waals surface area contributed by atoms with Crippen LogP contribution in [0, 0.1) is 13.8 Å². The van der Waals surface area contributed by atoms with Gasteiger partial charge in [0.25, 0.3) is 0 Å². The molecule has 0 N–H and O–H groups in total. The summed E-state index contributed by atoms with van der Waals surface area (Å²) in [5.41, 5.74) is 12.4. The van der Waals surface area contributed by atoms with Crippen molar-refractivity contribution in [2.75, 3.05) is 0 Å². The van der Waals surface area contributed by atoms with Gasteiger partial charge in [0.15, 0.2) is 0 Å². The molecule has 0 aliphatic heterocycles. The third kappa shape index (κ3) is 3.29. The maximum atomic E-state index is 2.40. The standard InChI is InChI=1S/C38H28N2/c1-25-23-29(40-36-17-9-5-13-32(36)33-14-6-10-18-37(33)40)24-26(2)38(25)27-19-21-28(22-20-27)39-34-15-7-3-11-30(34)31-12-4-8-16-35(31)39/h3-24H,1-2H3. The van der Waals surface area contributed by atoms with Crippen molar-refractivity contribution in [3.63, 3.8) is 0 Å². The summed E-state index contributed by atoms with van der Waals surface area (Å²) < 4.78 is 4.78. The molecule has 2 heteroatoms. The van der Waals surface area contributed by atoms with Crippen LogP contribution in [-0.2, 0) is 0 Å². The fraction of sp³-hybridized carbons (Fsp3) is 0.0526. The van der Waals surface area contributed by atoms with E-state index < -0.39 is 0 Å². The highest BCUT2D eigenvalue weighted by molar-refractivity contribution is 6.10. The fourth-order valence-corrected chi connectivity index (χ4v) is 6.70. The van der Waals surface area contributed by atoms with E-state index in [1.807, 2.05) is 0 Å². The van der Waals surface area contributed by atoms with Gasteiger partial charge in [-0.3, -0.25) is 0 Å². The molecule has 8 aromatic rings. The van der Waals surface area contributed by atoms with Crippen LogP contribution in [0.4, 0.5) is 0 Å². The van der Waals surface area contributed by atoms with E-state index in [2.05, 4.69) is 156 Å². The van der Waals surface area contributed by atoms with Crippen LogP contribution in [0.1, 0.15) is 11.1 Å². The van der Waals surface area contributed by atoms with Crippen LogP contribution in [0.25, 0.3) is 66.1 Å². The molecule has 40 heavy (non-hydrogen) atoms. The van der Waals surface area contributed by atoms with Crippen molar-refractivity contribution in [2.24, 2.45) is 0 Å². The average molecular weight is 513 g/mol. The van der Waals surface area contributed by atoms with Crippen molar-refractivity contribution in [2.45, 2.75) is 13.8 Å². The number of hydrogen-bond acceptors (Lipinski definition) is 0. The number of rotatable bonds is 3. The Labute approximate surface area is 233 Å². The summed E-state index contributed by atoms with van der Waals surface area (Å²) >= 11 is 0. The van der Waals surface area contributed by atoms with Gasteiger partial charge in [0.1, 0.15) is 0 Å². The first-order valence-electron chi connectivity index (χ1n) is 13.9. The van der Waals surface area contributed by atoms with Gasteiger partial charge >= 0.3 is 0 Å². The molecule has 0 unspecified atom stereocenters. The number of aromatic nitrogens is 2. The lowest BCUT2D eigenvalue weighted by Crippen LogP contribution is -1.98. The van der Waals surface area contributed by atoms with Gasteiger partial charge in [-0.15, -0.1) is 0 Å². The first kappa shape index (κ1) is 22.9. The number of nitrogens with zero attached hydrogens (tertiary/aromatic N) is 2. The van der Waals surface area contributed by atoms with E-state index in [9.17, 15) is 0 Å². The highest BCUT2D eigenvalue weighted by Crippen LogP contribution is 2.37. The number of hydrogen-bond donors (Lipinski definition) is 0. The Morgan fingerprint density at radius 3 is 1.12 bits per heavy atom. The van der Waals surface area contributed by atoms with Gasteiger partial charge in [0, 0.05) is 32.9 Å². The summed E-state index contributed by atoms with van der Waals surface area (Å²) in [6.45, 7) is 4.47. The Morgan fingerprint density at radius 2 is 0.725 bits per heavy atom. The normalized spacial score (nSPS) is 11.8. The minimum absolute atomic E-state index is 1.18. The van der Waals surface area contributed by atoms with E-state index in [0.717, 1.165) is 0 Å². The lowest BCUT2D eigenvalue weighted by Gasteiger charge is -2.16. The molecule has 190 valence electrons. The molecule has 0 bridgehead atoms. The first-order valence-corrected chi connectivity index (χ1v) is 13.9. The molecule has 0 atom stereocenters. The van der Waals surface area contributed by atoms with E-state index in [1.165, 1.54) is 77.2 Å². The van der Waals surface area contributed by atoms with Gasteiger partial charge in [-0.05, 0) is 84.6 Å². The average Bonchev–Trinajstić information content (AvgIpc) is 3.50. The van der Waals surface area contributed by atoms with Crippen LogP contribution in [0.2, 0.25) is 0 Å². The summed E-state index contributed by atoms with van der Waals surface area (Å²) in [5.74, 6) is 0. The minimum Gasteiger partial charge on any atom is -0.309 e. The third-order valence-electron chi connectivity index (χ3n) is 8.35. The van der Waals surface area contributed by atoms with E-state index in [1.54, 1.807) is 0 Å². The second-order valence-electron chi connectivity index (χ2n) is 10.7. The topological polar surface area (TPSA) is 9.86 Å². The van der Waals surface area contributed by atoms with Crippen molar-refractivity contribution in [1.82, 2.24) is 9.13 Å². The molecule has 2 heterocycles. The van der Waals surface area contributed by atoms with Crippen LogP contribution in [0.5, 0.6) is 0 Å². The fourth-order valence-electron chi connectivity index (χ4n) is 6.70. The molecular formula is C38H28N2. The maximum absolute atomic E-state index is 2.40. The van der Waals surface area contributed by atoms with Crippen molar-refractivity contribution < 1.29 is 0 Å². The molecule has 0 saturated carbocycles. The number of para-hydroxylation sites is 4. The van der Waals surface area contributed by atoms with E-state index in [-0.39, 0.29) is 0 Å². The van der Waals surface area contributed by atoms with Crippen molar-refractivity contribution in [3.05, 3.63) is 145 Å². The molecule has 0 spiro atoms. The van der Waals surface area contributed by atoms with Crippen LogP contribution >= 0.6 is 0 Å². The quantitative estimate of drug-likeness (QED) is 0.223. The lowest BCUT2D eigenvalue weighted by molar-refractivity contribution is 1.16. The zero-order chi connectivity index (χ0) is 26.8.